The molecule has 0 aliphatic rings. The Morgan fingerprint density at radius 3 is 2.83 bits per heavy atom. The first-order valence-corrected chi connectivity index (χ1v) is 6.59. The largest absolute Gasteiger partial charge is 0.481 e. The zero-order chi connectivity index (χ0) is 13.0. The molecule has 0 unspecified atom stereocenters. The monoisotopic (exact) mass is 330 g/mol. The van der Waals surface area contributed by atoms with Crippen LogP contribution in [0.4, 0.5) is 5.82 Å². The number of ether oxygens (including phenoxy) is 2. The van der Waals surface area contributed by atoms with E-state index in [1.165, 1.54) is 17.9 Å². The maximum atomic E-state index is 5.09. The summed E-state index contributed by atoms with van der Waals surface area (Å²) in [4.78, 5) is 9.06. The average Bonchev–Trinajstić information content (AvgIpc) is 2.77. The van der Waals surface area contributed by atoms with E-state index in [0.29, 0.717) is 24.1 Å². The smallest absolute Gasteiger partial charge is 0.239 e. The van der Waals surface area contributed by atoms with Gasteiger partial charge in [-0.3, -0.25) is 0 Å². The second-order valence-electron chi connectivity index (χ2n) is 3.23. The number of nitrogens with zero attached hydrogens (tertiary/aromatic N) is 3. The van der Waals surface area contributed by atoms with E-state index in [1.807, 2.05) is 0 Å². The van der Waals surface area contributed by atoms with Crippen LogP contribution < -0.4 is 14.8 Å². The molecule has 0 saturated heterocycles. The highest BCUT2D eigenvalue weighted by molar-refractivity contribution is 9.10. The number of rotatable bonds is 5. The lowest BCUT2D eigenvalue weighted by atomic mass is 10.4. The van der Waals surface area contributed by atoms with Gasteiger partial charge in [-0.15, -0.1) is 0 Å². The maximum absolute atomic E-state index is 5.09. The van der Waals surface area contributed by atoms with E-state index in [-0.39, 0.29) is 0 Å². The molecule has 18 heavy (non-hydrogen) atoms. The van der Waals surface area contributed by atoms with Gasteiger partial charge in [0.25, 0.3) is 0 Å². The summed E-state index contributed by atoms with van der Waals surface area (Å²) in [7, 11) is 3.16. The second kappa shape index (κ2) is 5.96. The Bertz CT molecular complexity index is 534. The van der Waals surface area contributed by atoms with Gasteiger partial charge in [0.15, 0.2) is 0 Å². The van der Waals surface area contributed by atoms with Crippen LogP contribution in [0.5, 0.6) is 11.8 Å². The number of halogens is 1. The molecule has 2 heterocycles. The molecule has 1 N–H and O–H groups in total. The van der Waals surface area contributed by atoms with Gasteiger partial charge in [0.1, 0.15) is 12.1 Å². The fourth-order valence-corrected chi connectivity index (χ4v) is 2.64. The molecule has 0 saturated carbocycles. The summed E-state index contributed by atoms with van der Waals surface area (Å²) >= 11 is 4.81. The summed E-state index contributed by atoms with van der Waals surface area (Å²) in [6.07, 6.45) is 1.45. The van der Waals surface area contributed by atoms with E-state index in [2.05, 4.69) is 35.6 Å². The van der Waals surface area contributed by atoms with Crippen molar-refractivity contribution < 1.29 is 9.47 Å². The fourth-order valence-electron chi connectivity index (χ4n) is 1.25. The first-order chi connectivity index (χ1) is 8.74. The maximum Gasteiger partial charge on any atom is 0.239 e. The highest BCUT2D eigenvalue weighted by atomic mass is 79.9. The van der Waals surface area contributed by atoms with Crippen LogP contribution in [-0.4, -0.2) is 28.6 Å². The van der Waals surface area contributed by atoms with Gasteiger partial charge in [0.2, 0.25) is 11.8 Å². The molecule has 0 aromatic carbocycles. The molecule has 0 aliphatic carbocycles. The van der Waals surface area contributed by atoms with Crippen molar-refractivity contribution in [2.45, 2.75) is 6.54 Å². The summed E-state index contributed by atoms with van der Waals surface area (Å²) in [5.41, 5.74) is 0. The normalized spacial score (nSPS) is 10.2. The highest BCUT2D eigenvalue weighted by Crippen LogP contribution is 2.31. The molecule has 6 nitrogen and oxygen atoms in total. The van der Waals surface area contributed by atoms with Crippen LogP contribution in [0.2, 0.25) is 0 Å². The minimum absolute atomic E-state index is 0.522. The first-order valence-electron chi connectivity index (χ1n) is 5.02. The van der Waals surface area contributed by atoms with Crippen LogP contribution in [0.15, 0.2) is 16.9 Å². The molecule has 96 valence electrons. The van der Waals surface area contributed by atoms with Crippen LogP contribution in [0, 0.1) is 0 Å². The molecule has 2 aromatic heterocycles. The minimum atomic E-state index is 0.522. The molecular formula is C10H11BrN4O2S. The topological polar surface area (TPSA) is 69.2 Å². The highest BCUT2D eigenvalue weighted by Gasteiger charge is 2.11. The zero-order valence-corrected chi connectivity index (χ0v) is 12.2. The van der Waals surface area contributed by atoms with E-state index in [4.69, 9.17) is 9.47 Å². The number of hydrogen-bond acceptors (Lipinski definition) is 7. The van der Waals surface area contributed by atoms with Crippen molar-refractivity contribution in [2.75, 3.05) is 19.5 Å². The fraction of sp³-hybridized carbons (Fsp3) is 0.300. The summed E-state index contributed by atoms with van der Waals surface area (Å²) in [5, 5.41) is 3.17. The van der Waals surface area contributed by atoms with Crippen LogP contribution in [0.25, 0.3) is 0 Å². The first kappa shape index (κ1) is 13.0. The van der Waals surface area contributed by atoms with Crippen LogP contribution in [0.1, 0.15) is 4.88 Å². The van der Waals surface area contributed by atoms with E-state index >= 15 is 0 Å². The van der Waals surface area contributed by atoms with E-state index in [9.17, 15) is 0 Å². The van der Waals surface area contributed by atoms with Crippen LogP contribution in [0.3, 0.4) is 0 Å². The van der Waals surface area contributed by atoms with Gasteiger partial charge in [-0.05, 0) is 27.5 Å². The standard InChI is InChI=1S/C10H11BrN4O2S/c1-16-8-3-7(13-5-14-8)12-4-6-9(11)10(17-2)15-18-6/h3,5H,4H2,1-2H3,(H,12,13,14). The molecule has 0 spiro atoms. The van der Waals surface area contributed by atoms with Crippen molar-refractivity contribution >= 4 is 33.3 Å². The van der Waals surface area contributed by atoms with Gasteiger partial charge in [-0.1, -0.05) is 0 Å². The Kier molecular flexibility index (Phi) is 4.32. The Labute approximate surface area is 117 Å². The zero-order valence-electron chi connectivity index (χ0n) is 9.81. The van der Waals surface area contributed by atoms with Crippen LogP contribution in [-0.2, 0) is 6.54 Å². The third-order valence-electron chi connectivity index (χ3n) is 2.15. The molecule has 0 atom stereocenters. The predicted octanol–water partition coefficient (Wildman–Crippen LogP) is 2.32. The van der Waals surface area contributed by atoms with Gasteiger partial charge in [0.05, 0.1) is 30.1 Å². The van der Waals surface area contributed by atoms with Gasteiger partial charge < -0.3 is 14.8 Å². The Morgan fingerprint density at radius 2 is 2.17 bits per heavy atom. The van der Waals surface area contributed by atoms with Crippen molar-refractivity contribution in [1.82, 2.24) is 14.3 Å². The molecule has 8 heteroatoms. The van der Waals surface area contributed by atoms with Gasteiger partial charge >= 0.3 is 0 Å². The summed E-state index contributed by atoms with van der Waals surface area (Å²) in [6.45, 7) is 0.599. The van der Waals surface area contributed by atoms with Crippen molar-refractivity contribution in [3.63, 3.8) is 0 Å². The molecule has 0 fully saturated rings. The third-order valence-corrected chi connectivity index (χ3v) is 4.05. The van der Waals surface area contributed by atoms with Crippen molar-refractivity contribution in [1.29, 1.82) is 0 Å². The predicted molar refractivity (Wildman–Crippen MR) is 72.3 cm³/mol. The van der Waals surface area contributed by atoms with Crippen molar-refractivity contribution in [3.8, 4) is 11.8 Å². The molecule has 2 rings (SSSR count). The number of nitrogens with one attached hydrogen (secondary N) is 1. The Hall–Kier alpha value is -1.41. The number of aromatic nitrogens is 3. The lowest BCUT2D eigenvalue weighted by Crippen LogP contribution is -2.01. The van der Waals surface area contributed by atoms with Gasteiger partial charge in [-0.2, -0.15) is 4.37 Å². The van der Waals surface area contributed by atoms with E-state index < -0.39 is 0 Å². The molecule has 0 aliphatic heterocycles. The SMILES string of the molecule is COc1cc(NCc2snc(OC)c2Br)ncn1. The summed E-state index contributed by atoms with van der Waals surface area (Å²) in [6, 6.07) is 1.73. The van der Waals surface area contributed by atoms with Crippen molar-refractivity contribution in [3.05, 3.63) is 21.7 Å². The average molecular weight is 331 g/mol. The third kappa shape index (κ3) is 2.88. The quantitative estimate of drug-likeness (QED) is 0.907. The minimum Gasteiger partial charge on any atom is -0.481 e. The number of hydrogen-bond donors (Lipinski definition) is 1. The summed E-state index contributed by atoms with van der Waals surface area (Å²) < 4.78 is 15.1. The van der Waals surface area contributed by atoms with Crippen molar-refractivity contribution in [2.24, 2.45) is 0 Å². The van der Waals surface area contributed by atoms with E-state index in [1.54, 1.807) is 20.3 Å². The molecular weight excluding hydrogens is 320 g/mol. The van der Waals surface area contributed by atoms with E-state index in [0.717, 1.165) is 9.35 Å². The summed E-state index contributed by atoms with van der Waals surface area (Å²) in [5.74, 6) is 1.81. The molecule has 0 amide bonds. The van der Waals surface area contributed by atoms with Gasteiger partial charge in [0, 0.05) is 6.07 Å². The Balaban J connectivity index is 2.04. The van der Waals surface area contributed by atoms with Crippen LogP contribution >= 0.6 is 27.5 Å². The number of anilines is 1. The molecule has 2 aromatic rings. The Morgan fingerprint density at radius 1 is 1.33 bits per heavy atom. The lowest BCUT2D eigenvalue weighted by Gasteiger charge is -2.05. The molecule has 0 radical (unpaired) electrons. The second-order valence-corrected chi connectivity index (χ2v) is 4.88. The van der Waals surface area contributed by atoms with Gasteiger partial charge in [-0.25, -0.2) is 9.97 Å². The molecule has 0 bridgehead atoms. The lowest BCUT2D eigenvalue weighted by molar-refractivity contribution is 0.397. The number of methoxy groups -OCH3 is 2.